The fourth-order valence-electron chi connectivity index (χ4n) is 4.18. The lowest BCUT2D eigenvalue weighted by molar-refractivity contribution is 0.0600. The van der Waals surface area contributed by atoms with Gasteiger partial charge >= 0.3 is 5.97 Å². The highest BCUT2D eigenvalue weighted by Gasteiger charge is 2.36. The van der Waals surface area contributed by atoms with Crippen LogP contribution in [0.25, 0.3) is 0 Å². The Morgan fingerprint density at radius 1 is 1.38 bits per heavy atom. The van der Waals surface area contributed by atoms with E-state index in [1.54, 1.807) is 0 Å². The molecular weight excluding hydrogens is 322 g/mol. The molecule has 1 atom stereocenters. The molecule has 24 heavy (non-hydrogen) atoms. The summed E-state index contributed by atoms with van der Waals surface area (Å²) in [5.41, 5.74) is 6.77. The van der Waals surface area contributed by atoms with Gasteiger partial charge in [-0.2, -0.15) is 0 Å². The van der Waals surface area contributed by atoms with Gasteiger partial charge in [-0.25, -0.2) is 4.79 Å². The number of aryl methyl sites for hydroxylation is 1. The molecule has 0 aromatic heterocycles. The summed E-state index contributed by atoms with van der Waals surface area (Å²) in [4.78, 5) is 14.1. The molecule has 0 spiro atoms. The van der Waals surface area contributed by atoms with Crippen LogP contribution in [0.5, 0.6) is 0 Å². The molecule has 4 rings (SSSR count). The average molecular weight is 342 g/mol. The summed E-state index contributed by atoms with van der Waals surface area (Å²) in [6, 6.07) is 6.22. The van der Waals surface area contributed by atoms with Gasteiger partial charge in [0.2, 0.25) is 0 Å². The van der Waals surface area contributed by atoms with E-state index in [1.807, 2.05) is 12.1 Å². The number of rotatable bonds is 2. The summed E-state index contributed by atoms with van der Waals surface area (Å²) in [6.07, 6.45) is 6.20. The predicted octanol–water partition coefficient (Wildman–Crippen LogP) is 4.50. The maximum absolute atomic E-state index is 11.7. The molecule has 3 aliphatic rings. The summed E-state index contributed by atoms with van der Waals surface area (Å²) in [5.74, 6) is -0.277. The maximum atomic E-state index is 11.7. The van der Waals surface area contributed by atoms with Crippen LogP contribution in [-0.2, 0) is 11.2 Å². The average Bonchev–Trinajstić information content (AvgIpc) is 3.15. The SMILES string of the molecule is C=C1C2=C(CCC=C2Cl)CN1C1CCc2cc(C(=O)OC)ccc21. The molecule has 0 saturated heterocycles. The first-order valence-electron chi connectivity index (χ1n) is 8.35. The predicted molar refractivity (Wildman–Crippen MR) is 94.9 cm³/mol. The van der Waals surface area contributed by atoms with Crippen LogP contribution in [0.1, 0.15) is 46.8 Å². The van der Waals surface area contributed by atoms with Crippen molar-refractivity contribution in [2.45, 2.75) is 31.7 Å². The minimum absolute atomic E-state index is 0.277. The number of esters is 1. The highest BCUT2D eigenvalue weighted by molar-refractivity contribution is 6.32. The second kappa shape index (κ2) is 5.82. The first-order valence-corrected chi connectivity index (χ1v) is 8.73. The van der Waals surface area contributed by atoms with Crippen molar-refractivity contribution in [2.75, 3.05) is 13.7 Å². The molecule has 0 amide bonds. The molecule has 1 aliphatic heterocycles. The first-order chi connectivity index (χ1) is 11.6. The minimum atomic E-state index is -0.277. The van der Waals surface area contributed by atoms with Crippen LogP contribution in [0.3, 0.4) is 0 Å². The van der Waals surface area contributed by atoms with Crippen molar-refractivity contribution in [1.29, 1.82) is 0 Å². The molecule has 3 nitrogen and oxygen atoms in total. The highest BCUT2D eigenvalue weighted by Crippen LogP contribution is 2.46. The van der Waals surface area contributed by atoms with E-state index in [1.165, 1.54) is 23.8 Å². The van der Waals surface area contributed by atoms with Crippen molar-refractivity contribution < 1.29 is 9.53 Å². The van der Waals surface area contributed by atoms with E-state index in [4.69, 9.17) is 16.3 Å². The quantitative estimate of drug-likeness (QED) is 0.741. The molecular formula is C20H20ClNO2. The Balaban J connectivity index is 1.62. The standard InChI is InChI=1S/C20H20ClNO2/c1-12-19-15(4-3-5-17(19)21)11-22(12)18-9-7-13-10-14(20(23)24-2)6-8-16(13)18/h5-6,8,10,18H,1,3-4,7,9,11H2,2H3. The molecule has 0 radical (unpaired) electrons. The number of hydrogen-bond donors (Lipinski definition) is 0. The fourth-order valence-corrected chi connectivity index (χ4v) is 4.53. The van der Waals surface area contributed by atoms with E-state index in [2.05, 4.69) is 23.6 Å². The van der Waals surface area contributed by atoms with Crippen molar-refractivity contribution in [3.05, 3.63) is 69.4 Å². The van der Waals surface area contributed by atoms with E-state index in [-0.39, 0.29) is 5.97 Å². The number of hydrogen-bond acceptors (Lipinski definition) is 3. The van der Waals surface area contributed by atoms with Crippen molar-refractivity contribution in [1.82, 2.24) is 4.90 Å². The molecule has 124 valence electrons. The fraction of sp³-hybridized carbons (Fsp3) is 0.350. The zero-order valence-electron chi connectivity index (χ0n) is 13.8. The lowest BCUT2D eigenvalue weighted by Gasteiger charge is -2.29. The second-order valence-electron chi connectivity index (χ2n) is 6.60. The number of nitrogens with zero attached hydrogens (tertiary/aromatic N) is 1. The van der Waals surface area contributed by atoms with Gasteiger partial charge in [0, 0.05) is 22.8 Å². The van der Waals surface area contributed by atoms with Crippen LogP contribution in [0.4, 0.5) is 0 Å². The van der Waals surface area contributed by atoms with Crippen LogP contribution in [0.15, 0.2) is 52.7 Å². The molecule has 4 heteroatoms. The maximum Gasteiger partial charge on any atom is 0.337 e. The van der Waals surface area contributed by atoms with Crippen LogP contribution in [0.2, 0.25) is 0 Å². The monoisotopic (exact) mass is 341 g/mol. The number of halogens is 1. The van der Waals surface area contributed by atoms with Crippen LogP contribution in [-0.4, -0.2) is 24.5 Å². The Bertz CT molecular complexity index is 806. The highest BCUT2D eigenvalue weighted by atomic mass is 35.5. The summed E-state index contributed by atoms with van der Waals surface area (Å²) in [7, 11) is 1.42. The number of fused-ring (bicyclic) bond motifs is 1. The summed E-state index contributed by atoms with van der Waals surface area (Å²) >= 11 is 6.42. The number of allylic oxidation sites excluding steroid dienone is 2. The minimum Gasteiger partial charge on any atom is -0.465 e. The van der Waals surface area contributed by atoms with Gasteiger partial charge in [0.25, 0.3) is 0 Å². The molecule has 0 saturated carbocycles. The molecule has 1 heterocycles. The van der Waals surface area contributed by atoms with Crippen LogP contribution in [0, 0.1) is 0 Å². The van der Waals surface area contributed by atoms with Crippen molar-refractivity contribution >= 4 is 17.6 Å². The first kappa shape index (κ1) is 15.5. The van der Waals surface area contributed by atoms with Crippen molar-refractivity contribution in [3.8, 4) is 0 Å². The Kier molecular flexibility index (Phi) is 3.76. The Hall–Kier alpha value is -2.00. The molecule has 1 aromatic rings. The second-order valence-corrected chi connectivity index (χ2v) is 7.01. The Morgan fingerprint density at radius 3 is 2.96 bits per heavy atom. The van der Waals surface area contributed by atoms with Crippen LogP contribution < -0.4 is 0 Å². The normalized spacial score (nSPS) is 22.4. The van der Waals surface area contributed by atoms with Gasteiger partial charge in [-0.05, 0) is 54.5 Å². The lowest BCUT2D eigenvalue weighted by atomic mass is 9.99. The largest absolute Gasteiger partial charge is 0.465 e. The summed E-state index contributed by atoms with van der Waals surface area (Å²) in [5, 5.41) is 0.850. The topological polar surface area (TPSA) is 29.5 Å². The van der Waals surface area contributed by atoms with Crippen LogP contribution >= 0.6 is 11.6 Å². The third-order valence-corrected chi connectivity index (χ3v) is 5.69. The zero-order chi connectivity index (χ0) is 16.8. The smallest absolute Gasteiger partial charge is 0.337 e. The number of methoxy groups -OCH3 is 1. The number of carbonyl (C=O) groups excluding carboxylic acids is 1. The van der Waals surface area contributed by atoms with Gasteiger partial charge in [0.1, 0.15) is 0 Å². The third-order valence-electron chi connectivity index (χ3n) is 5.34. The van der Waals surface area contributed by atoms with Gasteiger partial charge in [-0.3, -0.25) is 0 Å². The van der Waals surface area contributed by atoms with Crippen molar-refractivity contribution in [3.63, 3.8) is 0 Å². The summed E-state index contributed by atoms with van der Waals surface area (Å²) < 4.78 is 4.82. The van der Waals surface area contributed by atoms with E-state index in [9.17, 15) is 4.79 Å². The van der Waals surface area contributed by atoms with Gasteiger partial charge in [-0.15, -0.1) is 0 Å². The van der Waals surface area contributed by atoms with Gasteiger partial charge in [-0.1, -0.05) is 30.3 Å². The molecule has 2 aliphatic carbocycles. The van der Waals surface area contributed by atoms with Crippen molar-refractivity contribution in [2.24, 2.45) is 0 Å². The van der Waals surface area contributed by atoms with Gasteiger partial charge in [0.15, 0.2) is 0 Å². The molecule has 1 aromatic carbocycles. The van der Waals surface area contributed by atoms with E-state index < -0.39 is 0 Å². The van der Waals surface area contributed by atoms with E-state index in [0.717, 1.165) is 48.5 Å². The number of benzene rings is 1. The summed E-state index contributed by atoms with van der Waals surface area (Å²) in [6.45, 7) is 5.23. The molecule has 1 unspecified atom stereocenters. The Morgan fingerprint density at radius 2 is 2.21 bits per heavy atom. The molecule has 0 fully saturated rings. The molecule has 0 bridgehead atoms. The van der Waals surface area contributed by atoms with E-state index in [0.29, 0.717) is 11.6 Å². The number of carbonyl (C=O) groups is 1. The van der Waals surface area contributed by atoms with E-state index >= 15 is 0 Å². The zero-order valence-corrected chi connectivity index (χ0v) is 14.5. The third kappa shape index (κ3) is 2.30. The lowest BCUT2D eigenvalue weighted by Crippen LogP contribution is -2.24. The van der Waals surface area contributed by atoms with Gasteiger partial charge in [0.05, 0.1) is 18.7 Å². The molecule has 0 N–H and O–H groups in total. The Labute approximate surface area is 147 Å². The van der Waals surface area contributed by atoms with Gasteiger partial charge < -0.3 is 9.64 Å². The number of ether oxygens (including phenoxy) is 1.